The fraction of sp³-hybridized carbons (Fsp3) is 0.583. The standard InChI is InChI=1S/C12H21N3.ClH/c1-9(2)11(15-8-6-13)12-10(3)5-4-7-14-12;/h4-5,7,9,11,15H,6,8,13H2,1-3H3;1H. The highest BCUT2D eigenvalue weighted by Gasteiger charge is 2.17. The number of aryl methyl sites for hydroxylation is 1. The molecule has 1 heterocycles. The molecule has 0 radical (unpaired) electrons. The van der Waals surface area contributed by atoms with Gasteiger partial charge < -0.3 is 11.1 Å². The van der Waals surface area contributed by atoms with E-state index in [1.165, 1.54) is 5.56 Å². The van der Waals surface area contributed by atoms with E-state index in [4.69, 9.17) is 5.73 Å². The van der Waals surface area contributed by atoms with Crippen LogP contribution in [0, 0.1) is 12.8 Å². The van der Waals surface area contributed by atoms with Crippen LogP contribution >= 0.6 is 12.4 Å². The lowest BCUT2D eigenvalue weighted by Gasteiger charge is -2.23. The van der Waals surface area contributed by atoms with E-state index >= 15 is 0 Å². The third-order valence-corrected chi connectivity index (χ3v) is 2.52. The number of aromatic nitrogens is 1. The molecule has 16 heavy (non-hydrogen) atoms. The summed E-state index contributed by atoms with van der Waals surface area (Å²) < 4.78 is 0. The summed E-state index contributed by atoms with van der Waals surface area (Å²) in [5.41, 5.74) is 7.89. The van der Waals surface area contributed by atoms with Crippen molar-refractivity contribution in [1.82, 2.24) is 10.3 Å². The van der Waals surface area contributed by atoms with Crippen molar-refractivity contribution in [2.45, 2.75) is 26.8 Å². The van der Waals surface area contributed by atoms with Gasteiger partial charge in [0.2, 0.25) is 0 Å². The normalized spacial score (nSPS) is 12.3. The number of hydrogen-bond acceptors (Lipinski definition) is 3. The minimum Gasteiger partial charge on any atom is -0.329 e. The molecule has 0 aliphatic heterocycles. The Hall–Kier alpha value is -0.640. The molecule has 0 spiro atoms. The molecular weight excluding hydrogens is 222 g/mol. The summed E-state index contributed by atoms with van der Waals surface area (Å²) in [6, 6.07) is 4.37. The van der Waals surface area contributed by atoms with E-state index in [0.29, 0.717) is 18.5 Å². The lowest BCUT2D eigenvalue weighted by Crippen LogP contribution is -2.31. The first-order valence-electron chi connectivity index (χ1n) is 5.51. The highest BCUT2D eigenvalue weighted by molar-refractivity contribution is 5.85. The topological polar surface area (TPSA) is 50.9 Å². The van der Waals surface area contributed by atoms with Crippen molar-refractivity contribution in [2.24, 2.45) is 11.7 Å². The Morgan fingerprint density at radius 3 is 2.62 bits per heavy atom. The van der Waals surface area contributed by atoms with Crippen molar-refractivity contribution in [2.75, 3.05) is 13.1 Å². The van der Waals surface area contributed by atoms with Gasteiger partial charge in [0.15, 0.2) is 0 Å². The number of nitrogens with two attached hydrogens (primary N) is 1. The van der Waals surface area contributed by atoms with Gasteiger partial charge in [0.1, 0.15) is 0 Å². The average molecular weight is 244 g/mol. The van der Waals surface area contributed by atoms with Crippen LogP contribution in [-0.4, -0.2) is 18.1 Å². The van der Waals surface area contributed by atoms with Crippen LogP contribution in [0.1, 0.15) is 31.1 Å². The van der Waals surface area contributed by atoms with E-state index in [1.54, 1.807) is 0 Å². The van der Waals surface area contributed by atoms with Crippen molar-refractivity contribution < 1.29 is 0 Å². The number of nitrogens with zero attached hydrogens (tertiary/aromatic N) is 1. The first-order chi connectivity index (χ1) is 7.16. The maximum absolute atomic E-state index is 5.51. The van der Waals surface area contributed by atoms with E-state index < -0.39 is 0 Å². The summed E-state index contributed by atoms with van der Waals surface area (Å²) in [5, 5.41) is 3.44. The zero-order valence-corrected chi connectivity index (χ0v) is 11.1. The molecule has 0 fully saturated rings. The fourth-order valence-corrected chi connectivity index (χ4v) is 1.71. The Morgan fingerprint density at radius 2 is 2.12 bits per heavy atom. The highest BCUT2D eigenvalue weighted by Crippen LogP contribution is 2.21. The van der Waals surface area contributed by atoms with Crippen LogP contribution in [-0.2, 0) is 0 Å². The molecular formula is C12H22ClN3. The quantitative estimate of drug-likeness (QED) is 0.833. The van der Waals surface area contributed by atoms with Crippen molar-refractivity contribution in [3.8, 4) is 0 Å². The second kappa shape index (κ2) is 7.60. The van der Waals surface area contributed by atoms with Crippen LogP contribution in [0.25, 0.3) is 0 Å². The van der Waals surface area contributed by atoms with Gasteiger partial charge in [-0.2, -0.15) is 0 Å². The Balaban J connectivity index is 0.00000225. The second-order valence-corrected chi connectivity index (χ2v) is 4.17. The fourth-order valence-electron chi connectivity index (χ4n) is 1.71. The zero-order chi connectivity index (χ0) is 11.3. The van der Waals surface area contributed by atoms with Gasteiger partial charge in [-0.3, -0.25) is 4.98 Å². The largest absolute Gasteiger partial charge is 0.329 e. The molecule has 4 heteroatoms. The minimum atomic E-state index is 0. The van der Waals surface area contributed by atoms with Gasteiger partial charge in [-0.25, -0.2) is 0 Å². The van der Waals surface area contributed by atoms with Crippen LogP contribution in [0.5, 0.6) is 0 Å². The molecule has 1 atom stereocenters. The summed E-state index contributed by atoms with van der Waals surface area (Å²) in [4.78, 5) is 4.45. The molecule has 0 saturated carbocycles. The molecule has 0 aliphatic carbocycles. The number of nitrogens with one attached hydrogen (secondary N) is 1. The number of rotatable bonds is 5. The van der Waals surface area contributed by atoms with E-state index in [9.17, 15) is 0 Å². The van der Waals surface area contributed by atoms with Gasteiger partial charge >= 0.3 is 0 Å². The Bertz CT molecular complexity index is 302. The predicted octanol–water partition coefficient (Wildman–Crippen LogP) is 2.06. The van der Waals surface area contributed by atoms with Crippen molar-refractivity contribution >= 4 is 12.4 Å². The molecule has 0 aliphatic rings. The number of halogens is 1. The first kappa shape index (κ1) is 15.4. The third-order valence-electron chi connectivity index (χ3n) is 2.52. The SMILES string of the molecule is Cc1cccnc1C(NCCN)C(C)C.Cl. The van der Waals surface area contributed by atoms with Gasteiger partial charge in [-0.05, 0) is 24.5 Å². The van der Waals surface area contributed by atoms with Gasteiger partial charge in [0, 0.05) is 19.3 Å². The Labute approximate surface area is 104 Å². The van der Waals surface area contributed by atoms with Gasteiger partial charge in [0.05, 0.1) is 11.7 Å². The molecule has 92 valence electrons. The Kier molecular flexibility index (Phi) is 7.30. The maximum atomic E-state index is 5.51. The first-order valence-corrected chi connectivity index (χ1v) is 5.51. The molecule has 1 aromatic heterocycles. The number of pyridine rings is 1. The summed E-state index contributed by atoms with van der Waals surface area (Å²) in [6.45, 7) is 7.99. The van der Waals surface area contributed by atoms with E-state index in [1.807, 2.05) is 12.3 Å². The summed E-state index contributed by atoms with van der Waals surface area (Å²) in [6.07, 6.45) is 1.85. The van der Waals surface area contributed by atoms with Crippen molar-refractivity contribution in [1.29, 1.82) is 0 Å². The summed E-state index contributed by atoms with van der Waals surface area (Å²) in [7, 11) is 0. The number of hydrogen-bond donors (Lipinski definition) is 2. The highest BCUT2D eigenvalue weighted by atomic mass is 35.5. The molecule has 1 rings (SSSR count). The van der Waals surface area contributed by atoms with Crippen LogP contribution in [0.15, 0.2) is 18.3 Å². The predicted molar refractivity (Wildman–Crippen MR) is 70.9 cm³/mol. The molecule has 0 aromatic carbocycles. The smallest absolute Gasteiger partial charge is 0.0604 e. The van der Waals surface area contributed by atoms with E-state index in [-0.39, 0.29) is 12.4 Å². The van der Waals surface area contributed by atoms with E-state index in [2.05, 4.69) is 37.1 Å². The molecule has 3 nitrogen and oxygen atoms in total. The van der Waals surface area contributed by atoms with Crippen LogP contribution in [0.4, 0.5) is 0 Å². The molecule has 1 unspecified atom stereocenters. The van der Waals surface area contributed by atoms with Crippen LogP contribution in [0.3, 0.4) is 0 Å². The van der Waals surface area contributed by atoms with E-state index in [0.717, 1.165) is 12.2 Å². The average Bonchev–Trinajstić information content (AvgIpc) is 2.20. The Morgan fingerprint density at radius 1 is 1.44 bits per heavy atom. The second-order valence-electron chi connectivity index (χ2n) is 4.17. The van der Waals surface area contributed by atoms with Crippen molar-refractivity contribution in [3.63, 3.8) is 0 Å². The van der Waals surface area contributed by atoms with Crippen LogP contribution < -0.4 is 11.1 Å². The van der Waals surface area contributed by atoms with Crippen LogP contribution in [0.2, 0.25) is 0 Å². The minimum absolute atomic E-state index is 0. The molecule has 1 aromatic rings. The van der Waals surface area contributed by atoms with Gasteiger partial charge in [-0.15, -0.1) is 12.4 Å². The lowest BCUT2D eigenvalue weighted by atomic mass is 9.97. The molecule has 3 N–H and O–H groups in total. The molecule has 0 bridgehead atoms. The lowest BCUT2D eigenvalue weighted by molar-refractivity contribution is 0.407. The van der Waals surface area contributed by atoms with Gasteiger partial charge in [-0.1, -0.05) is 19.9 Å². The third kappa shape index (κ3) is 4.08. The zero-order valence-electron chi connectivity index (χ0n) is 10.2. The maximum Gasteiger partial charge on any atom is 0.0604 e. The summed E-state index contributed by atoms with van der Waals surface area (Å²) >= 11 is 0. The monoisotopic (exact) mass is 243 g/mol. The van der Waals surface area contributed by atoms with Gasteiger partial charge in [0.25, 0.3) is 0 Å². The summed E-state index contributed by atoms with van der Waals surface area (Å²) in [5.74, 6) is 0.519. The molecule has 0 saturated heterocycles. The molecule has 0 amide bonds. The van der Waals surface area contributed by atoms with Crippen molar-refractivity contribution in [3.05, 3.63) is 29.6 Å².